The van der Waals surface area contributed by atoms with Gasteiger partial charge < -0.3 is 14.4 Å². The Balaban J connectivity index is 1.85. The van der Waals surface area contributed by atoms with Crippen molar-refractivity contribution in [2.45, 2.75) is 39.2 Å². The van der Waals surface area contributed by atoms with Gasteiger partial charge in [0.15, 0.2) is 5.82 Å². The van der Waals surface area contributed by atoms with Crippen LogP contribution in [-0.2, 0) is 11.8 Å². The van der Waals surface area contributed by atoms with Crippen LogP contribution in [-0.4, -0.2) is 63.3 Å². The van der Waals surface area contributed by atoms with Crippen LogP contribution in [0.4, 0.5) is 0 Å². The van der Waals surface area contributed by atoms with Gasteiger partial charge in [-0.05, 0) is 25.9 Å². The lowest BCUT2D eigenvalue weighted by Crippen LogP contribution is -2.47. The quantitative estimate of drug-likeness (QED) is 0.587. The van der Waals surface area contributed by atoms with Crippen LogP contribution in [0.2, 0.25) is 0 Å². The molecule has 6 nitrogen and oxygen atoms in total. The highest BCUT2D eigenvalue weighted by molar-refractivity contribution is 6.05. The lowest BCUT2D eigenvalue weighted by Gasteiger charge is -2.37. The maximum absolute atomic E-state index is 12.3. The average Bonchev–Trinajstić information content (AvgIpc) is 2.95. The maximum Gasteiger partial charge on any atom is 0.230 e. The molecule has 0 atom stereocenters. The number of piperidine rings is 1. The largest absolute Gasteiger partial charge is 0.342 e. The molecule has 22 heavy (non-hydrogen) atoms. The van der Waals surface area contributed by atoms with E-state index in [0.29, 0.717) is 11.9 Å². The summed E-state index contributed by atoms with van der Waals surface area (Å²) in [5.74, 6) is 0.0701. The third-order valence-electron chi connectivity index (χ3n) is 4.53. The van der Waals surface area contributed by atoms with E-state index < -0.39 is 0 Å². The van der Waals surface area contributed by atoms with Crippen molar-refractivity contribution in [1.82, 2.24) is 19.4 Å². The minimum absolute atomic E-state index is 0.0778. The minimum atomic E-state index is -0.205. The molecule has 1 aromatic heterocycles. The summed E-state index contributed by atoms with van der Waals surface area (Å²) in [6, 6.07) is 0.560. The molecule has 1 amide bonds. The van der Waals surface area contributed by atoms with Gasteiger partial charge in [-0.15, -0.1) is 0 Å². The van der Waals surface area contributed by atoms with Crippen LogP contribution in [0.25, 0.3) is 0 Å². The zero-order valence-corrected chi connectivity index (χ0v) is 13.8. The van der Waals surface area contributed by atoms with E-state index >= 15 is 0 Å². The SMILES string of the molecule is CCN(CC)C1CCN(C(=O)CC(=O)c2nccn2C)CC1. The van der Waals surface area contributed by atoms with Crippen molar-refractivity contribution in [2.75, 3.05) is 26.2 Å². The van der Waals surface area contributed by atoms with Crippen LogP contribution in [0.15, 0.2) is 12.4 Å². The molecule has 0 saturated carbocycles. The van der Waals surface area contributed by atoms with E-state index in [1.54, 1.807) is 24.0 Å². The Bertz CT molecular complexity index is 514. The zero-order chi connectivity index (χ0) is 16.1. The summed E-state index contributed by atoms with van der Waals surface area (Å²) in [4.78, 5) is 32.7. The molecule has 0 spiro atoms. The van der Waals surface area contributed by atoms with Gasteiger partial charge in [-0.1, -0.05) is 13.8 Å². The second-order valence-corrected chi connectivity index (χ2v) is 5.79. The van der Waals surface area contributed by atoms with E-state index in [1.165, 1.54) is 0 Å². The standard InChI is InChI=1S/C16H26N4O2/c1-4-19(5-2)13-6-9-20(10-7-13)15(22)12-14(21)16-17-8-11-18(16)3/h8,11,13H,4-7,9-10,12H2,1-3H3. The highest BCUT2D eigenvalue weighted by atomic mass is 16.2. The Morgan fingerprint density at radius 2 is 1.91 bits per heavy atom. The molecule has 2 rings (SSSR count). The van der Waals surface area contributed by atoms with E-state index in [-0.39, 0.29) is 18.1 Å². The summed E-state index contributed by atoms with van der Waals surface area (Å²) in [5.41, 5.74) is 0. The number of aryl methyl sites for hydroxylation is 1. The van der Waals surface area contributed by atoms with Crippen LogP contribution in [0.1, 0.15) is 43.7 Å². The number of rotatable bonds is 6. The van der Waals surface area contributed by atoms with Gasteiger partial charge >= 0.3 is 0 Å². The maximum atomic E-state index is 12.3. The zero-order valence-electron chi connectivity index (χ0n) is 13.8. The molecule has 0 radical (unpaired) electrons. The Kier molecular flexibility index (Phi) is 5.71. The van der Waals surface area contributed by atoms with Crippen LogP contribution < -0.4 is 0 Å². The number of ketones is 1. The Hall–Kier alpha value is -1.69. The van der Waals surface area contributed by atoms with Crippen molar-refractivity contribution in [3.63, 3.8) is 0 Å². The molecule has 0 unspecified atom stereocenters. The van der Waals surface area contributed by atoms with Crippen molar-refractivity contribution >= 4 is 11.7 Å². The number of nitrogens with zero attached hydrogens (tertiary/aromatic N) is 4. The van der Waals surface area contributed by atoms with Crippen molar-refractivity contribution in [1.29, 1.82) is 0 Å². The summed E-state index contributed by atoms with van der Waals surface area (Å²) >= 11 is 0. The van der Waals surface area contributed by atoms with Crippen LogP contribution >= 0.6 is 0 Å². The fourth-order valence-corrected chi connectivity index (χ4v) is 3.18. The first-order chi connectivity index (χ1) is 10.6. The van der Waals surface area contributed by atoms with Gasteiger partial charge in [0, 0.05) is 38.6 Å². The predicted molar refractivity (Wildman–Crippen MR) is 84.7 cm³/mol. The first kappa shape index (κ1) is 16.7. The van der Waals surface area contributed by atoms with E-state index in [1.807, 2.05) is 4.90 Å². The molecule has 0 aromatic carbocycles. The highest BCUT2D eigenvalue weighted by Gasteiger charge is 2.27. The van der Waals surface area contributed by atoms with Gasteiger partial charge in [0.25, 0.3) is 0 Å². The van der Waals surface area contributed by atoms with Gasteiger partial charge in [-0.3, -0.25) is 9.59 Å². The second-order valence-electron chi connectivity index (χ2n) is 5.79. The van der Waals surface area contributed by atoms with Crippen molar-refractivity contribution in [2.24, 2.45) is 7.05 Å². The fraction of sp³-hybridized carbons (Fsp3) is 0.688. The van der Waals surface area contributed by atoms with Crippen LogP contribution in [0, 0.1) is 0 Å². The third kappa shape index (κ3) is 3.74. The van der Waals surface area contributed by atoms with E-state index in [0.717, 1.165) is 39.0 Å². The van der Waals surface area contributed by atoms with Crippen molar-refractivity contribution in [3.05, 3.63) is 18.2 Å². The normalized spacial score (nSPS) is 16.3. The molecule has 1 aliphatic rings. The van der Waals surface area contributed by atoms with Crippen LogP contribution in [0.3, 0.4) is 0 Å². The van der Waals surface area contributed by atoms with Crippen LogP contribution in [0.5, 0.6) is 0 Å². The van der Waals surface area contributed by atoms with E-state index in [2.05, 4.69) is 23.7 Å². The molecule has 1 aliphatic heterocycles. The lowest BCUT2D eigenvalue weighted by molar-refractivity contribution is -0.131. The number of amides is 1. The second kappa shape index (κ2) is 7.54. The number of likely N-dealkylation sites (tertiary alicyclic amines) is 1. The summed E-state index contributed by atoms with van der Waals surface area (Å²) < 4.78 is 1.65. The van der Waals surface area contributed by atoms with Gasteiger partial charge in [0.05, 0.1) is 6.42 Å². The molecule has 6 heteroatoms. The van der Waals surface area contributed by atoms with Crippen molar-refractivity contribution in [3.8, 4) is 0 Å². The molecule has 1 aromatic rings. The first-order valence-corrected chi connectivity index (χ1v) is 8.09. The molecular formula is C16H26N4O2. The average molecular weight is 306 g/mol. The summed E-state index contributed by atoms with van der Waals surface area (Å²) in [6.45, 7) is 7.93. The van der Waals surface area contributed by atoms with Gasteiger partial charge in [0.2, 0.25) is 11.7 Å². The Labute approximate surface area is 132 Å². The Morgan fingerprint density at radius 1 is 1.27 bits per heavy atom. The number of imidazole rings is 1. The highest BCUT2D eigenvalue weighted by Crippen LogP contribution is 2.17. The number of carbonyl (C=O) groups excluding carboxylic acids is 2. The Morgan fingerprint density at radius 3 is 2.41 bits per heavy atom. The molecular weight excluding hydrogens is 280 g/mol. The molecule has 0 bridgehead atoms. The fourth-order valence-electron chi connectivity index (χ4n) is 3.18. The third-order valence-corrected chi connectivity index (χ3v) is 4.53. The van der Waals surface area contributed by atoms with E-state index in [4.69, 9.17) is 0 Å². The number of carbonyl (C=O) groups is 2. The topological polar surface area (TPSA) is 58.4 Å². The molecule has 0 aliphatic carbocycles. The summed E-state index contributed by atoms with van der Waals surface area (Å²) in [5, 5.41) is 0. The van der Waals surface area contributed by atoms with Gasteiger partial charge in [-0.25, -0.2) is 4.98 Å². The number of aromatic nitrogens is 2. The molecule has 0 N–H and O–H groups in total. The number of hydrogen-bond donors (Lipinski definition) is 0. The lowest BCUT2D eigenvalue weighted by atomic mass is 10.0. The van der Waals surface area contributed by atoms with Crippen molar-refractivity contribution < 1.29 is 9.59 Å². The van der Waals surface area contributed by atoms with E-state index in [9.17, 15) is 9.59 Å². The summed E-state index contributed by atoms with van der Waals surface area (Å²) in [6.07, 6.45) is 5.19. The number of hydrogen-bond acceptors (Lipinski definition) is 4. The number of Topliss-reactive ketones (excluding diaryl/α,β-unsaturated/α-hetero) is 1. The first-order valence-electron chi connectivity index (χ1n) is 8.09. The molecule has 122 valence electrons. The predicted octanol–water partition coefficient (Wildman–Crippen LogP) is 1.33. The molecule has 1 saturated heterocycles. The molecule has 2 heterocycles. The van der Waals surface area contributed by atoms with Gasteiger partial charge in [-0.2, -0.15) is 0 Å². The molecule has 1 fully saturated rings. The monoisotopic (exact) mass is 306 g/mol. The summed E-state index contributed by atoms with van der Waals surface area (Å²) in [7, 11) is 1.76. The van der Waals surface area contributed by atoms with Gasteiger partial charge in [0.1, 0.15) is 0 Å². The minimum Gasteiger partial charge on any atom is -0.342 e. The smallest absolute Gasteiger partial charge is 0.230 e.